The number of pyridine rings is 1. The van der Waals surface area contributed by atoms with Crippen LogP contribution in [0.5, 0.6) is 5.88 Å². The van der Waals surface area contributed by atoms with Crippen LogP contribution in [-0.4, -0.2) is 23.6 Å². The number of rotatable bonds is 6. The van der Waals surface area contributed by atoms with Crippen molar-refractivity contribution in [1.82, 2.24) is 15.3 Å². The molecule has 0 saturated carbocycles. The number of hydrogen-bond acceptors (Lipinski definition) is 5. The summed E-state index contributed by atoms with van der Waals surface area (Å²) in [5, 5.41) is 6.60. The zero-order valence-electron chi connectivity index (χ0n) is 10.6. The summed E-state index contributed by atoms with van der Waals surface area (Å²) in [4.78, 5) is 8.49. The Morgan fingerprint density at radius 3 is 2.89 bits per heavy atom. The van der Waals surface area contributed by atoms with Gasteiger partial charge in [0.05, 0.1) is 12.1 Å². The van der Waals surface area contributed by atoms with Crippen molar-refractivity contribution in [2.75, 3.05) is 13.7 Å². The van der Waals surface area contributed by atoms with Gasteiger partial charge in [0.2, 0.25) is 5.88 Å². The lowest BCUT2D eigenvalue weighted by molar-refractivity contribution is 0.397. The Labute approximate surface area is 111 Å². The minimum atomic E-state index is 0.441. The van der Waals surface area contributed by atoms with Crippen molar-refractivity contribution in [2.45, 2.75) is 19.4 Å². The van der Waals surface area contributed by atoms with Gasteiger partial charge in [0.15, 0.2) is 0 Å². The molecule has 2 aromatic rings. The maximum atomic E-state index is 5.02. The van der Waals surface area contributed by atoms with Gasteiger partial charge in [-0.15, -0.1) is 11.3 Å². The Hall–Kier alpha value is -1.46. The van der Waals surface area contributed by atoms with Crippen LogP contribution in [0.1, 0.15) is 23.4 Å². The molecule has 2 aromatic heterocycles. The number of hydrogen-bond donors (Lipinski definition) is 1. The van der Waals surface area contributed by atoms with E-state index in [9.17, 15) is 0 Å². The highest BCUT2D eigenvalue weighted by atomic mass is 32.1. The van der Waals surface area contributed by atoms with Crippen molar-refractivity contribution in [3.63, 3.8) is 0 Å². The van der Waals surface area contributed by atoms with E-state index in [1.165, 1.54) is 5.01 Å². The van der Waals surface area contributed by atoms with Gasteiger partial charge in [0.25, 0.3) is 0 Å². The predicted octanol–water partition coefficient (Wildman–Crippen LogP) is 2.44. The van der Waals surface area contributed by atoms with E-state index in [1.807, 2.05) is 29.9 Å². The highest BCUT2D eigenvalue weighted by Crippen LogP contribution is 2.16. The summed E-state index contributed by atoms with van der Waals surface area (Å²) < 4.78 is 5.02. The van der Waals surface area contributed by atoms with Crippen LogP contribution in [0.3, 0.4) is 0 Å². The number of methoxy groups -OCH3 is 1. The van der Waals surface area contributed by atoms with Gasteiger partial charge in [-0.2, -0.15) is 0 Å². The fourth-order valence-electron chi connectivity index (χ4n) is 1.63. The topological polar surface area (TPSA) is 47.0 Å². The molecule has 0 saturated heterocycles. The third kappa shape index (κ3) is 3.51. The van der Waals surface area contributed by atoms with Gasteiger partial charge in [-0.3, -0.25) is 0 Å². The third-order valence-electron chi connectivity index (χ3n) is 2.66. The molecule has 2 heterocycles. The van der Waals surface area contributed by atoms with Crippen molar-refractivity contribution < 1.29 is 4.74 Å². The summed E-state index contributed by atoms with van der Waals surface area (Å²) in [5.41, 5.74) is 1.15. The fourth-order valence-corrected chi connectivity index (χ4v) is 2.33. The summed E-state index contributed by atoms with van der Waals surface area (Å²) >= 11 is 1.70. The van der Waals surface area contributed by atoms with E-state index in [0.717, 1.165) is 18.7 Å². The third-order valence-corrected chi connectivity index (χ3v) is 3.67. The molecule has 2 rings (SSSR count). The zero-order valence-corrected chi connectivity index (χ0v) is 11.4. The Morgan fingerprint density at radius 2 is 2.28 bits per heavy atom. The molecule has 0 bridgehead atoms. The molecule has 0 fully saturated rings. The molecule has 0 aliphatic carbocycles. The van der Waals surface area contributed by atoms with E-state index < -0.39 is 0 Å². The molecule has 1 N–H and O–H groups in total. The molecule has 0 aliphatic rings. The molecule has 5 heteroatoms. The van der Waals surface area contributed by atoms with Crippen LogP contribution in [0.25, 0.3) is 0 Å². The summed E-state index contributed by atoms with van der Waals surface area (Å²) in [7, 11) is 1.62. The van der Waals surface area contributed by atoms with Crippen LogP contribution in [0.4, 0.5) is 0 Å². The Morgan fingerprint density at radius 1 is 1.39 bits per heavy atom. The highest BCUT2D eigenvalue weighted by molar-refractivity contribution is 7.09. The van der Waals surface area contributed by atoms with Crippen molar-refractivity contribution in [3.8, 4) is 5.88 Å². The smallest absolute Gasteiger partial charge is 0.212 e. The average Bonchev–Trinajstić information content (AvgIpc) is 2.93. The van der Waals surface area contributed by atoms with E-state index in [-0.39, 0.29) is 0 Å². The predicted molar refractivity (Wildman–Crippen MR) is 73.0 cm³/mol. The number of aromatic nitrogens is 2. The van der Waals surface area contributed by atoms with Crippen LogP contribution < -0.4 is 10.1 Å². The Balaban J connectivity index is 1.77. The minimum absolute atomic E-state index is 0.441. The maximum Gasteiger partial charge on any atom is 0.212 e. The fraction of sp³-hybridized carbons (Fsp3) is 0.385. The lowest BCUT2D eigenvalue weighted by atomic mass is 10.2. The second kappa shape index (κ2) is 6.47. The minimum Gasteiger partial charge on any atom is -0.481 e. The normalized spacial score (nSPS) is 12.3. The number of nitrogens with zero attached hydrogens (tertiary/aromatic N) is 2. The van der Waals surface area contributed by atoms with Gasteiger partial charge in [0, 0.05) is 42.8 Å². The van der Waals surface area contributed by atoms with E-state index in [2.05, 4.69) is 22.2 Å². The van der Waals surface area contributed by atoms with Crippen LogP contribution in [0, 0.1) is 0 Å². The van der Waals surface area contributed by atoms with E-state index in [1.54, 1.807) is 18.4 Å². The molecule has 0 radical (unpaired) electrons. The number of nitrogens with one attached hydrogen (secondary N) is 1. The molecule has 1 unspecified atom stereocenters. The molecular weight excluding hydrogens is 246 g/mol. The molecule has 0 spiro atoms. The van der Waals surface area contributed by atoms with Gasteiger partial charge >= 0.3 is 0 Å². The molecule has 0 aromatic carbocycles. The lowest BCUT2D eigenvalue weighted by Gasteiger charge is -2.10. The molecule has 18 heavy (non-hydrogen) atoms. The second-order valence-corrected chi connectivity index (χ2v) is 5.04. The highest BCUT2D eigenvalue weighted by Gasteiger charge is 2.07. The van der Waals surface area contributed by atoms with Crippen molar-refractivity contribution in [2.24, 2.45) is 0 Å². The Kier molecular flexibility index (Phi) is 4.66. The van der Waals surface area contributed by atoms with Crippen LogP contribution in [0.2, 0.25) is 0 Å². The zero-order chi connectivity index (χ0) is 12.8. The number of thiazole rings is 1. The summed E-state index contributed by atoms with van der Waals surface area (Å²) in [6.07, 6.45) is 3.68. The summed E-state index contributed by atoms with van der Waals surface area (Å²) in [5.74, 6) is 1.09. The van der Waals surface area contributed by atoms with E-state index >= 15 is 0 Å². The van der Waals surface area contributed by atoms with Gasteiger partial charge < -0.3 is 10.1 Å². The van der Waals surface area contributed by atoms with Crippen LogP contribution in [-0.2, 0) is 6.54 Å². The standard InChI is InChI=1S/C13H17N3OS/c1-10(13-15-5-6-18-13)7-14-8-11-3-4-12(17-2)16-9-11/h3-6,9-10,14H,7-8H2,1-2H3. The van der Waals surface area contributed by atoms with Gasteiger partial charge in [-0.1, -0.05) is 13.0 Å². The first-order valence-corrected chi connectivity index (χ1v) is 6.76. The lowest BCUT2D eigenvalue weighted by Crippen LogP contribution is -2.19. The first-order chi connectivity index (χ1) is 8.79. The second-order valence-electron chi connectivity index (χ2n) is 4.11. The first-order valence-electron chi connectivity index (χ1n) is 5.88. The van der Waals surface area contributed by atoms with Crippen molar-refractivity contribution in [3.05, 3.63) is 40.5 Å². The molecule has 1 atom stereocenters. The van der Waals surface area contributed by atoms with Crippen LogP contribution in [0.15, 0.2) is 29.9 Å². The average molecular weight is 263 g/mol. The van der Waals surface area contributed by atoms with Gasteiger partial charge in [-0.05, 0) is 5.56 Å². The molecule has 4 nitrogen and oxygen atoms in total. The van der Waals surface area contributed by atoms with Gasteiger partial charge in [-0.25, -0.2) is 9.97 Å². The number of ether oxygens (including phenoxy) is 1. The maximum absolute atomic E-state index is 5.02. The quantitative estimate of drug-likeness (QED) is 0.869. The van der Waals surface area contributed by atoms with E-state index in [4.69, 9.17) is 4.74 Å². The Bertz CT molecular complexity index is 456. The summed E-state index contributed by atoms with van der Waals surface area (Å²) in [6.45, 7) is 3.91. The summed E-state index contributed by atoms with van der Waals surface area (Å²) in [6, 6.07) is 3.90. The molecule has 0 amide bonds. The molecule has 96 valence electrons. The van der Waals surface area contributed by atoms with Crippen LogP contribution >= 0.6 is 11.3 Å². The monoisotopic (exact) mass is 263 g/mol. The van der Waals surface area contributed by atoms with Crippen molar-refractivity contribution >= 4 is 11.3 Å². The molecule has 0 aliphatic heterocycles. The SMILES string of the molecule is COc1ccc(CNCC(C)c2nccs2)cn1. The van der Waals surface area contributed by atoms with E-state index in [0.29, 0.717) is 11.8 Å². The van der Waals surface area contributed by atoms with Gasteiger partial charge in [0.1, 0.15) is 0 Å². The molecular formula is C13H17N3OS. The van der Waals surface area contributed by atoms with Crippen molar-refractivity contribution in [1.29, 1.82) is 0 Å². The largest absolute Gasteiger partial charge is 0.481 e. The first kappa shape index (κ1) is 13.0.